The minimum absolute atomic E-state index is 0.256. The van der Waals surface area contributed by atoms with Crippen LogP contribution < -0.4 is 9.44 Å². The van der Waals surface area contributed by atoms with E-state index in [1.165, 1.54) is 7.05 Å². The number of aliphatic carboxylic acids is 1. The molecule has 0 bridgehead atoms. The molecule has 0 radical (unpaired) electrons. The maximum Gasteiger partial charge on any atom is 0.306 e. The number of hydrogen-bond donors (Lipinski definition) is 3. The molecule has 0 heterocycles. The summed E-state index contributed by atoms with van der Waals surface area (Å²) in [6.07, 6.45) is 1.49. The van der Waals surface area contributed by atoms with Crippen molar-refractivity contribution < 1.29 is 18.3 Å². The van der Waals surface area contributed by atoms with E-state index in [4.69, 9.17) is 5.11 Å². The molecule has 14 heavy (non-hydrogen) atoms. The van der Waals surface area contributed by atoms with Gasteiger partial charge >= 0.3 is 5.97 Å². The first-order valence-corrected chi connectivity index (χ1v) is 5.86. The number of carboxylic acid groups (broad SMARTS) is 1. The van der Waals surface area contributed by atoms with Crippen LogP contribution in [0.4, 0.5) is 0 Å². The molecule has 0 aromatic carbocycles. The highest BCUT2D eigenvalue weighted by atomic mass is 32.2. The van der Waals surface area contributed by atoms with Crippen molar-refractivity contribution in [3.8, 4) is 0 Å². The van der Waals surface area contributed by atoms with E-state index in [-0.39, 0.29) is 6.04 Å². The van der Waals surface area contributed by atoms with E-state index in [9.17, 15) is 13.2 Å². The van der Waals surface area contributed by atoms with Gasteiger partial charge in [-0.3, -0.25) is 4.79 Å². The largest absolute Gasteiger partial charge is 0.481 e. The molecule has 1 fully saturated rings. The fraction of sp³-hybridized carbons (Fsp3) is 0.857. The Morgan fingerprint density at radius 2 is 2.07 bits per heavy atom. The Morgan fingerprint density at radius 1 is 1.43 bits per heavy atom. The SMILES string of the molecule is CNS(=O)(=O)NC1CCC(C(=O)O)C1. The first kappa shape index (κ1) is 11.4. The minimum Gasteiger partial charge on any atom is -0.481 e. The first-order chi connectivity index (χ1) is 6.44. The Bertz CT molecular complexity index is 314. The summed E-state index contributed by atoms with van der Waals surface area (Å²) >= 11 is 0. The van der Waals surface area contributed by atoms with Crippen LogP contribution in [0.5, 0.6) is 0 Å². The molecule has 2 unspecified atom stereocenters. The summed E-state index contributed by atoms with van der Waals surface area (Å²) in [6.45, 7) is 0. The Kier molecular flexibility index (Phi) is 3.46. The van der Waals surface area contributed by atoms with Crippen molar-refractivity contribution in [2.45, 2.75) is 25.3 Å². The van der Waals surface area contributed by atoms with Crippen LogP contribution in [0.1, 0.15) is 19.3 Å². The van der Waals surface area contributed by atoms with Crippen LogP contribution in [0.3, 0.4) is 0 Å². The Morgan fingerprint density at radius 3 is 2.50 bits per heavy atom. The average molecular weight is 222 g/mol. The summed E-state index contributed by atoms with van der Waals surface area (Å²) in [5, 5.41) is 8.69. The highest BCUT2D eigenvalue weighted by molar-refractivity contribution is 7.87. The molecule has 7 heteroatoms. The number of carboxylic acids is 1. The molecule has 0 aromatic heterocycles. The lowest BCUT2D eigenvalue weighted by Gasteiger charge is -2.11. The molecule has 1 aliphatic rings. The second-order valence-electron chi connectivity index (χ2n) is 3.37. The minimum atomic E-state index is -3.44. The standard InChI is InChI=1S/C7H14N2O4S/c1-8-14(12,13)9-6-3-2-5(4-6)7(10)11/h5-6,8-9H,2-4H2,1H3,(H,10,11). The van der Waals surface area contributed by atoms with E-state index in [1.807, 2.05) is 0 Å². The second kappa shape index (κ2) is 4.24. The van der Waals surface area contributed by atoms with Gasteiger partial charge in [0, 0.05) is 13.1 Å². The molecule has 82 valence electrons. The smallest absolute Gasteiger partial charge is 0.306 e. The van der Waals surface area contributed by atoms with Gasteiger partial charge in [0.2, 0.25) is 0 Å². The summed E-state index contributed by atoms with van der Waals surface area (Å²) in [6, 6.07) is -0.256. The maximum atomic E-state index is 11.1. The molecule has 6 nitrogen and oxygen atoms in total. The van der Waals surface area contributed by atoms with Gasteiger partial charge in [-0.2, -0.15) is 13.1 Å². The van der Waals surface area contributed by atoms with Crippen molar-refractivity contribution in [2.24, 2.45) is 5.92 Å². The van der Waals surface area contributed by atoms with Gasteiger partial charge in [0.05, 0.1) is 5.92 Å². The van der Waals surface area contributed by atoms with Crippen LogP contribution in [-0.4, -0.2) is 32.6 Å². The monoisotopic (exact) mass is 222 g/mol. The zero-order valence-corrected chi connectivity index (χ0v) is 8.67. The van der Waals surface area contributed by atoms with Gasteiger partial charge in [0.15, 0.2) is 0 Å². The van der Waals surface area contributed by atoms with E-state index in [0.29, 0.717) is 19.3 Å². The molecule has 1 rings (SSSR count). The number of rotatable bonds is 4. The van der Waals surface area contributed by atoms with Gasteiger partial charge in [-0.1, -0.05) is 0 Å². The third-order valence-electron chi connectivity index (χ3n) is 2.37. The normalized spacial score (nSPS) is 27.8. The van der Waals surface area contributed by atoms with E-state index >= 15 is 0 Å². The van der Waals surface area contributed by atoms with Crippen molar-refractivity contribution in [1.29, 1.82) is 0 Å². The predicted octanol–water partition coefficient (Wildman–Crippen LogP) is -0.707. The first-order valence-electron chi connectivity index (χ1n) is 4.38. The van der Waals surface area contributed by atoms with Crippen LogP contribution in [0, 0.1) is 5.92 Å². The lowest BCUT2D eigenvalue weighted by molar-refractivity contribution is -0.141. The van der Waals surface area contributed by atoms with Crippen molar-refractivity contribution in [1.82, 2.24) is 9.44 Å². The zero-order chi connectivity index (χ0) is 10.8. The predicted molar refractivity (Wildman–Crippen MR) is 49.9 cm³/mol. The van der Waals surface area contributed by atoms with Gasteiger partial charge in [-0.05, 0) is 19.3 Å². The van der Waals surface area contributed by atoms with Crippen LogP contribution in [0.25, 0.3) is 0 Å². The number of hydrogen-bond acceptors (Lipinski definition) is 3. The summed E-state index contributed by atoms with van der Waals surface area (Å²) in [5.41, 5.74) is 0. The lowest BCUT2D eigenvalue weighted by Crippen LogP contribution is -2.40. The molecule has 0 aromatic rings. The summed E-state index contributed by atoms with van der Waals surface area (Å²) in [7, 11) is -2.13. The van der Waals surface area contributed by atoms with Crippen molar-refractivity contribution in [3.05, 3.63) is 0 Å². The van der Waals surface area contributed by atoms with E-state index in [0.717, 1.165) is 0 Å². The van der Waals surface area contributed by atoms with Crippen LogP contribution in [-0.2, 0) is 15.0 Å². The van der Waals surface area contributed by atoms with Gasteiger partial charge in [-0.15, -0.1) is 0 Å². The molecule has 1 saturated carbocycles. The number of carbonyl (C=O) groups is 1. The highest BCUT2D eigenvalue weighted by Gasteiger charge is 2.31. The molecule has 0 amide bonds. The molecule has 0 spiro atoms. The Balaban J connectivity index is 2.48. The fourth-order valence-electron chi connectivity index (χ4n) is 1.59. The van der Waals surface area contributed by atoms with E-state index < -0.39 is 22.1 Å². The molecule has 3 N–H and O–H groups in total. The molecule has 0 saturated heterocycles. The number of nitrogens with one attached hydrogen (secondary N) is 2. The topological polar surface area (TPSA) is 95.5 Å². The van der Waals surface area contributed by atoms with Gasteiger partial charge in [0.25, 0.3) is 10.2 Å². The van der Waals surface area contributed by atoms with E-state index in [1.54, 1.807) is 0 Å². The van der Waals surface area contributed by atoms with Crippen molar-refractivity contribution >= 4 is 16.2 Å². The second-order valence-corrected chi connectivity index (χ2v) is 5.02. The summed E-state index contributed by atoms with van der Waals surface area (Å²) < 4.78 is 26.6. The maximum absolute atomic E-state index is 11.1. The van der Waals surface area contributed by atoms with E-state index in [2.05, 4.69) is 9.44 Å². The Labute approximate surface area is 82.9 Å². The Hall–Kier alpha value is -0.660. The van der Waals surface area contributed by atoms with Gasteiger partial charge in [0.1, 0.15) is 0 Å². The third kappa shape index (κ3) is 2.93. The quantitative estimate of drug-likeness (QED) is 0.585. The molecular weight excluding hydrogens is 208 g/mol. The molecule has 1 aliphatic carbocycles. The van der Waals surface area contributed by atoms with Crippen LogP contribution >= 0.6 is 0 Å². The van der Waals surface area contributed by atoms with Gasteiger partial charge < -0.3 is 5.11 Å². The van der Waals surface area contributed by atoms with Crippen LogP contribution in [0.2, 0.25) is 0 Å². The fourth-order valence-corrected chi connectivity index (χ4v) is 2.36. The zero-order valence-electron chi connectivity index (χ0n) is 7.86. The molecular formula is C7H14N2O4S. The van der Waals surface area contributed by atoms with Gasteiger partial charge in [-0.25, -0.2) is 4.72 Å². The highest BCUT2D eigenvalue weighted by Crippen LogP contribution is 2.25. The lowest BCUT2D eigenvalue weighted by atomic mass is 10.1. The molecule has 0 aliphatic heterocycles. The van der Waals surface area contributed by atoms with Crippen molar-refractivity contribution in [3.63, 3.8) is 0 Å². The third-order valence-corrected chi connectivity index (χ3v) is 3.55. The van der Waals surface area contributed by atoms with Crippen molar-refractivity contribution in [2.75, 3.05) is 7.05 Å². The summed E-state index contributed by atoms with van der Waals surface area (Å²) in [5.74, 6) is -1.27. The average Bonchev–Trinajstić information content (AvgIpc) is 2.52. The summed E-state index contributed by atoms with van der Waals surface area (Å²) in [4.78, 5) is 10.6. The van der Waals surface area contributed by atoms with Crippen LogP contribution in [0.15, 0.2) is 0 Å². The molecule has 2 atom stereocenters.